The second-order valence-electron chi connectivity index (χ2n) is 13.2. The number of hydrogen-bond acceptors (Lipinski definition) is 8. The van der Waals surface area contributed by atoms with Crippen LogP contribution in [0.15, 0.2) is 64.3 Å². The highest BCUT2D eigenvalue weighted by Crippen LogP contribution is 2.47. The third-order valence-electron chi connectivity index (χ3n) is 10.3. The molecule has 3 aliphatic rings. The van der Waals surface area contributed by atoms with Crippen molar-refractivity contribution in [1.82, 2.24) is 34.6 Å². The average molecular weight is 714 g/mol. The summed E-state index contributed by atoms with van der Waals surface area (Å²) in [4.78, 5) is 49.4. The van der Waals surface area contributed by atoms with Gasteiger partial charge in [-0.05, 0) is 43.0 Å². The van der Waals surface area contributed by atoms with Gasteiger partial charge in [-0.15, -0.1) is 0 Å². The zero-order chi connectivity index (χ0) is 34.9. The van der Waals surface area contributed by atoms with Gasteiger partial charge in [0, 0.05) is 68.2 Å². The molecule has 3 N–H and O–H groups in total. The molecule has 8 rings (SSSR count). The molecular formula is C36H34Cl2N8O4. The lowest BCUT2D eigenvalue weighted by Crippen LogP contribution is -2.46. The van der Waals surface area contributed by atoms with Gasteiger partial charge in [0.15, 0.2) is 0 Å². The molecule has 0 saturated carbocycles. The number of halogens is 2. The molecule has 2 aromatic carbocycles. The molecule has 2 fully saturated rings. The van der Waals surface area contributed by atoms with E-state index in [0.717, 1.165) is 48.0 Å². The van der Waals surface area contributed by atoms with Crippen LogP contribution in [-0.4, -0.2) is 62.3 Å². The van der Waals surface area contributed by atoms with E-state index in [9.17, 15) is 14.4 Å². The number of benzene rings is 2. The largest absolute Gasteiger partial charge is 0.481 e. The summed E-state index contributed by atoms with van der Waals surface area (Å²) in [6.45, 7) is 2.29. The highest BCUT2D eigenvalue weighted by atomic mass is 35.5. The lowest BCUT2D eigenvalue weighted by atomic mass is 9.99. The summed E-state index contributed by atoms with van der Waals surface area (Å²) in [5.41, 5.74) is 4.92. The summed E-state index contributed by atoms with van der Waals surface area (Å²) < 4.78 is 8.37. The molecular weight excluding hydrogens is 679 g/mol. The second kappa shape index (κ2) is 12.1. The van der Waals surface area contributed by atoms with Crippen molar-refractivity contribution in [1.29, 1.82) is 0 Å². The van der Waals surface area contributed by atoms with Gasteiger partial charge in [-0.3, -0.25) is 18.8 Å². The first kappa shape index (κ1) is 32.3. The SMILES string of the molecule is COc1nc(-c2cccc(-c3cccc(Nc4nccc5c4c(=O)n(C)c(=O)n5C)c3Cl)c2Cl)cc2c1[C@@H](N1CC[C@]3(CNC(=O)N3)C1)CC2. The maximum absolute atomic E-state index is 13.2. The lowest BCUT2D eigenvalue weighted by molar-refractivity contribution is 0.219. The van der Waals surface area contributed by atoms with Gasteiger partial charge in [-0.25, -0.2) is 19.6 Å². The number of anilines is 2. The Bertz CT molecular complexity index is 2360. The number of carbonyl (C=O) groups is 1. The van der Waals surface area contributed by atoms with Crippen LogP contribution in [0.4, 0.5) is 16.3 Å². The van der Waals surface area contributed by atoms with Crippen molar-refractivity contribution >= 4 is 51.6 Å². The predicted octanol–water partition coefficient (Wildman–Crippen LogP) is 5.16. The molecule has 0 unspecified atom stereocenters. The van der Waals surface area contributed by atoms with Crippen LogP contribution in [0.25, 0.3) is 33.3 Å². The molecule has 2 saturated heterocycles. The molecule has 256 valence electrons. The fraction of sp³-hybridized carbons (Fsp3) is 0.306. The van der Waals surface area contributed by atoms with E-state index in [2.05, 4.69) is 31.9 Å². The van der Waals surface area contributed by atoms with Crippen molar-refractivity contribution in [3.8, 4) is 28.3 Å². The molecule has 50 heavy (non-hydrogen) atoms. The number of pyridine rings is 2. The fourth-order valence-corrected chi connectivity index (χ4v) is 8.36. The number of nitrogens with one attached hydrogen (secondary N) is 3. The molecule has 2 amide bonds. The van der Waals surface area contributed by atoms with Gasteiger partial charge >= 0.3 is 11.7 Å². The number of hydrogen-bond donors (Lipinski definition) is 3. The van der Waals surface area contributed by atoms with Gasteiger partial charge in [-0.1, -0.05) is 53.5 Å². The van der Waals surface area contributed by atoms with Gasteiger partial charge in [0.05, 0.1) is 39.6 Å². The number of methoxy groups -OCH3 is 1. The molecule has 1 aliphatic carbocycles. The Labute approximate surface area is 297 Å². The van der Waals surface area contributed by atoms with E-state index in [-0.39, 0.29) is 28.8 Å². The smallest absolute Gasteiger partial charge is 0.330 e. The fourth-order valence-electron chi connectivity index (χ4n) is 7.76. The van der Waals surface area contributed by atoms with Crippen molar-refractivity contribution in [2.24, 2.45) is 14.1 Å². The first-order valence-electron chi connectivity index (χ1n) is 16.4. The Morgan fingerprint density at radius 2 is 1.76 bits per heavy atom. The lowest BCUT2D eigenvalue weighted by Gasteiger charge is -2.28. The van der Waals surface area contributed by atoms with Crippen LogP contribution in [0.2, 0.25) is 10.0 Å². The van der Waals surface area contributed by atoms with Crippen molar-refractivity contribution < 1.29 is 9.53 Å². The molecule has 2 aliphatic heterocycles. The minimum Gasteiger partial charge on any atom is -0.481 e. The molecule has 5 heterocycles. The Balaban J connectivity index is 1.13. The number of nitrogens with zero attached hydrogens (tertiary/aromatic N) is 5. The highest BCUT2D eigenvalue weighted by molar-refractivity contribution is 6.39. The summed E-state index contributed by atoms with van der Waals surface area (Å²) in [5, 5.41) is 10.4. The number of urea groups is 1. The van der Waals surface area contributed by atoms with E-state index < -0.39 is 11.2 Å². The first-order valence-corrected chi connectivity index (χ1v) is 17.1. The molecule has 5 aromatic rings. The zero-order valence-corrected chi connectivity index (χ0v) is 29.2. The number of amides is 2. The summed E-state index contributed by atoms with van der Waals surface area (Å²) in [6, 6.07) is 15.0. The molecule has 12 nitrogen and oxygen atoms in total. The third-order valence-corrected chi connectivity index (χ3v) is 11.1. The van der Waals surface area contributed by atoms with Crippen LogP contribution in [0.5, 0.6) is 5.88 Å². The van der Waals surface area contributed by atoms with Crippen LogP contribution in [0.3, 0.4) is 0 Å². The minimum absolute atomic E-state index is 0.103. The number of fused-ring (bicyclic) bond motifs is 2. The molecule has 14 heteroatoms. The van der Waals surface area contributed by atoms with Crippen LogP contribution in [0, 0.1) is 0 Å². The number of aryl methyl sites for hydroxylation is 2. The number of rotatable bonds is 6. The van der Waals surface area contributed by atoms with Crippen molar-refractivity contribution in [3.05, 3.63) is 96.7 Å². The first-order chi connectivity index (χ1) is 24.1. The maximum atomic E-state index is 13.2. The van der Waals surface area contributed by atoms with Crippen LogP contribution < -0.4 is 31.9 Å². The average Bonchev–Trinajstić information content (AvgIpc) is 3.84. The minimum atomic E-state index is -0.464. The predicted molar refractivity (Wildman–Crippen MR) is 194 cm³/mol. The standard InChI is InChI=1S/C36H34Cl2N8O4/c1-44-25-12-14-39-31(28(25)33(47)45(2)35(44)49)41-23-9-5-7-21(30(23)38)20-6-4-8-22(29(20)37)24-16-19-10-11-26(27(19)32(42-24)50-3)46-15-13-36(18-46)17-40-34(48)43-36/h4-9,12,14,16,26H,10-11,13,15,17-18H2,1-3H3,(H,39,41)(H2,40,43,48)/t26-,36-/m0/s1. The van der Waals surface area contributed by atoms with Gasteiger partial charge in [0.25, 0.3) is 5.56 Å². The Morgan fingerprint density at radius 3 is 2.52 bits per heavy atom. The number of likely N-dealkylation sites (tertiary alicyclic amines) is 1. The van der Waals surface area contributed by atoms with E-state index in [4.69, 9.17) is 32.9 Å². The molecule has 0 bridgehead atoms. The number of ether oxygens (including phenoxy) is 1. The second-order valence-corrected chi connectivity index (χ2v) is 13.9. The normalized spacial score (nSPS) is 19.9. The number of aromatic nitrogens is 4. The van der Waals surface area contributed by atoms with Crippen LogP contribution in [0.1, 0.15) is 30.0 Å². The molecule has 2 atom stereocenters. The van der Waals surface area contributed by atoms with E-state index in [1.165, 1.54) is 23.4 Å². The monoisotopic (exact) mass is 712 g/mol. The van der Waals surface area contributed by atoms with Gasteiger partial charge in [0.2, 0.25) is 5.88 Å². The van der Waals surface area contributed by atoms with E-state index >= 15 is 0 Å². The van der Waals surface area contributed by atoms with E-state index in [1.54, 1.807) is 26.3 Å². The Kier molecular flexibility index (Phi) is 7.85. The van der Waals surface area contributed by atoms with Crippen LogP contribution in [-0.2, 0) is 20.5 Å². The van der Waals surface area contributed by atoms with Gasteiger partial charge in [-0.2, -0.15) is 0 Å². The van der Waals surface area contributed by atoms with Crippen molar-refractivity contribution in [2.45, 2.75) is 30.8 Å². The molecule has 3 aromatic heterocycles. The summed E-state index contributed by atoms with van der Waals surface area (Å²) in [5.74, 6) is 0.852. The van der Waals surface area contributed by atoms with Crippen LogP contribution >= 0.6 is 23.2 Å². The summed E-state index contributed by atoms with van der Waals surface area (Å²) in [7, 11) is 4.69. The topological polar surface area (TPSA) is 135 Å². The Morgan fingerprint density at radius 1 is 1.00 bits per heavy atom. The van der Waals surface area contributed by atoms with Crippen molar-refractivity contribution in [2.75, 3.05) is 32.1 Å². The third kappa shape index (κ3) is 5.12. The molecule has 0 radical (unpaired) electrons. The maximum Gasteiger partial charge on any atom is 0.330 e. The Hall–Kier alpha value is -4.91. The number of carbonyl (C=O) groups excluding carboxylic acids is 1. The van der Waals surface area contributed by atoms with Gasteiger partial charge in [0.1, 0.15) is 11.2 Å². The highest BCUT2D eigenvalue weighted by Gasteiger charge is 2.46. The van der Waals surface area contributed by atoms with Crippen molar-refractivity contribution in [3.63, 3.8) is 0 Å². The molecule has 1 spiro atoms. The summed E-state index contributed by atoms with van der Waals surface area (Å²) >= 11 is 14.2. The summed E-state index contributed by atoms with van der Waals surface area (Å²) in [6.07, 6.45) is 4.24. The van der Waals surface area contributed by atoms with E-state index in [1.807, 2.05) is 30.3 Å². The van der Waals surface area contributed by atoms with Gasteiger partial charge < -0.3 is 20.7 Å². The zero-order valence-electron chi connectivity index (χ0n) is 27.6. The van der Waals surface area contributed by atoms with E-state index in [0.29, 0.717) is 50.5 Å². The quantitative estimate of drug-likeness (QED) is 0.220.